The van der Waals surface area contributed by atoms with Gasteiger partial charge in [0.2, 0.25) is 0 Å². The fourth-order valence-corrected chi connectivity index (χ4v) is 2.20. The van der Waals surface area contributed by atoms with E-state index in [2.05, 4.69) is 15.9 Å². The minimum atomic E-state index is -0.454. The molecule has 0 bridgehead atoms. The summed E-state index contributed by atoms with van der Waals surface area (Å²) in [5.41, 5.74) is 2.06. The van der Waals surface area contributed by atoms with Gasteiger partial charge in [-0.1, -0.05) is 18.2 Å². The predicted molar refractivity (Wildman–Crippen MR) is 76.0 cm³/mol. The topological polar surface area (TPSA) is 29.5 Å². The van der Waals surface area contributed by atoms with Gasteiger partial charge in [0.05, 0.1) is 10.6 Å². The van der Waals surface area contributed by atoms with Crippen LogP contribution in [0, 0.1) is 6.92 Å². The highest BCUT2D eigenvalue weighted by Gasteiger charge is 2.04. The first-order valence-corrected chi connectivity index (χ1v) is 6.57. The van der Waals surface area contributed by atoms with Crippen LogP contribution >= 0.6 is 15.9 Å². The van der Waals surface area contributed by atoms with Crippen molar-refractivity contribution in [3.05, 3.63) is 58.1 Å². The quantitative estimate of drug-likeness (QED) is 0.897. The third kappa shape index (κ3) is 3.12. The van der Waals surface area contributed by atoms with E-state index in [-0.39, 0.29) is 0 Å². The van der Waals surface area contributed by atoms with Crippen molar-refractivity contribution in [1.82, 2.24) is 0 Å². The van der Waals surface area contributed by atoms with Gasteiger partial charge in [-0.05, 0) is 65.2 Å². The molecule has 0 aliphatic carbocycles. The molecule has 0 spiro atoms. The molecule has 0 amide bonds. The van der Waals surface area contributed by atoms with Crippen molar-refractivity contribution in [2.75, 3.05) is 0 Å². The normalized spacial score (nSPS) is 12.2. The fraction of sp³-hybridized carbons (Fsp3) is 0.200. The molecule has 0 aromatic heterocycles. The number of halogens is 1. The summed E-state index contributed by atoms with van der Waals surface area (Å²) >= 11 is 3.48. The molecule has 0 aliphatic rings. The Balaban J connectivity index is 2.18. The van der Waals surface area contributed by atoms with E-state index in [1.54, 1.807) is 6.92 Å². The standard InChI is InChI=1S/C15H15BrO2/c1-10-3-8-15(14(16)9-10)18-13-6-4-12(5-7-13)11(2)17/h3-9,11,17H,1-2H3/t11-/m1/s1. The Morgan fingerprint density at radius 2 is 1.78 bits per heavy atom. The predicted octanol–water partition coefficient (Wildman–Crippen LogP) is 4.60. The number of rotatable bonds is 3. The molecule has 0 heterocycles. The Labute approximate surface area is 115 Å². The Morgan fingerprint density at radius 3 is 2.33 bits per heavy atom. The van der Waals surface area contributed by atoms with Crippen LogP contribution in [-0.2, 0) is 0 Å². The first kappa shape index (κ1) is 13.1. The first-order valence-electron chi connectivity index (χ1n) is 5.78. The molecule has 2 aromatic carbocycles. The van der Waals surface area contributed by atoms with Crippen LogP contribution < -0.4 is 4.74 Å². The maximum atomic E-state index is 9.43. The molecule has 18 heavy (non-hydrogen) atoms. The number of hydrogen-bond donors (Lipinski definition) is 1. The molecule has 2 aromatic rings. The van der Waals surface area contributed by atoms with Gasteiger partial charge in [0.15, 0.2) is 0 Å². The zero-order chi connectivity index (χ0) is 13.1. The molecular weight excluding hydrogens is 292 g/mol. The molecule has 0 saturated carbocycles. The second-order valence-corrected chi connectivity index (χ2v) is 5.14. The zero-order valence-corrected chi connectivity index (χ0v) is 11.9. The lowest BCUT2D eigenvalue weighted by Gasteiger charge is -2.10. The molecular formula is C15H15BrO2. The molecule has 2 rings (SSSR count). The van der Waals surface area contributed by atoms with Gasteiger partial charge < -0.3 is 9.84 Å². The van der Waals surface area contributed by atoms with Gasteiger partial charge in [0, 0.05) is 0 Å². The van der Waals surface area contributed by atoms with Crippen molar-refractivity contribution in [1.29, 1.82) is 0 Å². The molecule has 0 fully saturated rings. The van der Waals surface area contributed by atoms with E-state index in [0.717, 1.165) is 21.5 Å². The zero-order valence-electron chi connectivity index (χ0n) is 10.4. The molecule has 0 aliphatic heterocycles. The van der Waals surface area contributed by atoms with Crippen LogP contribution in [0.5, 0.6) is 11.5 Å². The van der Waals surface area contributed by atoms with Gasteiger partial charge in [-0.15, -0.1) is 0 Å². The lowest BCUT2D eigenvalue weighted by atomic mass is 10.1. The van der Waals surface area contributed by atoms with Gasteiger partial charge in [0.1, 0.15) is 11.5 Å². The van der Waals surface area contributed by atoms with E-state index in [4.69, 9.17) is 4.74 Å². The van der Waals surface area contributed by atoms with Gasteiger partial charge in [0.25, 0.3) is 0 Å². The van der Waals surface area contributed by atoms with Crippen LogP contribution in [0.2, 0.25) is 0 Å². The van der Waals surface area contributed by atoms with E-state index in [0.29, 0.717) is 0 Å². The van der Waals surface area contributed by atoms with E-state index in [9.17, 15) is 5.11 Å². The summed E-state index contributed by atoms with van der Waals surface area (Å²) in [5.74, 6) is 1.54. The first-order chi connectivity index (χ1) is 8.56. The third-order valence-electron chi connectivity index (χ3n) is 2.68. The molecule has 0 radical (unpaired) electrons. The second kappa shape index (κ2) is 5.55. The van der Waals surface area contributed by atoms with Gasteiger partial charge >= 0.3 is 0 Å². The van der Waals surface area contributed by atoms with Crippen molar-refractivity contribution in [2.45, 2.75) is 20.0 Å². The molecule has 94 valence electrons. The Hall–Kier alpha value is -1.32. The maximum Gasteiger partial charge on any atom is 0.141 e. The van der Waals surface area contributed by atoms with E-state index < -0.39 is 6.10 Å². The highest BCUT2D eigenvalue weighted by molar-refractivity contribution is 9.10. The van der Waals surface area contributed by atoms with Crippen molar-refractivity contribution < 1.29 is 9.84 Å². The van der Waals surface area contributed by atoms with Gasteiger partial charge in [-0.2, -0.15) is 0 Å². The van der Waals surface area contributed by atoms with Crippen LogP contribution in [0.15, 0.2) is 46.9 Å². The van der Waals surface area contributed by atoms with Crippen molar-refractivity contribution in [2.24, 2.45) is 0 Å². The number of ether oxygens (including phenoxy) is 1. The highest BCUT2D eigenvalue weighted by atomic mass is 79.9. The van der Waals surface area contributed by atoms with Crippen LogP contribution in [-0.4, -0.2) is 5.11 Å². The largest absolute Gasteiger partial charge is 0.456 e. The summed E-state index contributed by atoms with van der Waals surface area (Å²) in [7, 11) is 0. The smallest absolute Gasteiger partial charge is 0.141 e. The average Bonchev–Trinajstić information content (AvgIpc) is 2.33. The summed E-state index contributed by atoms with van der Waals surface area (Å²) in [6, 6.07) is 13.4. The summed E-state index contributed by atoms with van der Waals surface area (Å²) in [5, 5.41) is 9.43. The van der Waals surface area contributed by atoms with Crippen LogP contribution in [0.25, 0.3) is 0 Å². The Bertz CT molecular complexity index is 533. The SMILES string of the molecule is Cc1ccc(Oc2ccc([C@@H](C)O)cc2)c(Br)c1. The lowest BCUT2D eigenvalue weighted by Crippen LogP contribution is -1.91. The monoisotopic (exact) mass is 306 g/mol. The summed E-state index contributed by atoms with van der Waals surface area (Å²) in [4.78, 5) is 0. The Kier molecular flexibility index (Phi) is 4.04. The van der Waals surface area contributed by atoms with Gasteiger partial charge in [-0.25, -0.2) is 0 Å². The third-order valence-corrected chi connectivity index (χ3v) is 3.30. The maximum absolute atomic E-state index is 9.43. The van der Waals surface area contributed by atoms with Crippen LogP contribution in [0.1, 0.15) is 24.2 Å². The van der Waals surface area contributed by atoms with Gasteiger partial charge in [-0.3, -0.25) is 0 Å². The van der Waals surface area contributed by atoms with Crippen molar-refractivity contribution in [3.8, 4) is 11.5 Å². The molecule has 1 N–H and O–H groups in total. The summed E-state index contributed by atoms with van der Waals surface area (Å²) in [6.45, 7) is 3.78. The number of benzene rings is 2. The van der Waals surface area contributed by atoms with Crippen molar-refractivity contribution in [3.63, 3.8) is 0 Å². The second-order valence-electron chi connectivity index (χ2n) is 4.28. The minimum Gasteiger partial charge on any atom is -0.456 e. The average molecular weight is 307 g/mol. The van der Waals surface area contributed by atoms with E-state index >= 15 is 0 Å². The van der Waals surface area contributed by atoms with E-state index in [1.165, 1.54) is 5.56 Å². The van der Waals surface area contributed by atoms with E-state index in [1.807, 2.05) is 49.4 Å². The number of aliphatic hydroxyl groups is 1. The van der Waals surface area contributed by atoms with Crippen LogP contribution in [0.3, 0.4) is 0 Å². The molecule has 0 saturated heterocycles. The molecule has 1 atom stereocenters. The number of aryl methyl sites for hydroxylation is 1. The highest BCUT2D eigenvalue weighted by Crippen LogP contribution is 2.30. The summed E-state index contributed by atoms with van der Waals surface area (Å²) in [6.07, 6.45) is -0.454. The van der Waals surface area contributed by atoms with Crippen molar-refractivity contribution >= 4 is 15.9 Å². The van der Waals surface area contributed by atoms with Crippen LogP contribution in [0.4, 0.5) is 0 Å². The number of hydrogen-bond acceptors (Lipinski definition) is 2. The number of aliphatic hydroxyl groups excluding tert-OH is 1. The fourth-order valence-electron chi connectivity index (χ4n) is 1.63. The molecule has 0 unspecified atom stereocenters. The minimum absolute atomic E-state index is 0.454. The summed E-state index contributed by atoms with van der Waals surface area (Å²) < 4.78 is 6.70. The molecule has 2 nitrogen and oxygen atoms in total. The molecule has 3 heteroatoms. The lowest BCUT2D eigenvalue weighted by molar-refractivity contribution is 0.199. The Morgan fingerprint density at radius 1 is 1.11 bits per heavy atom.